The van der Waals surface area contributed by atoms with Crippen molar-refractivity contribution in [1.82, 2.24) is 24.4 Å². The van der Waals surface area contributed by atoms with E-state index in [4.69, 9.17) is 11.6 Å². The Morgan fingerprint density at radius 2 is 1.74 bits per heavy atom. The lowest BCUT2D eigenvalue weighted by Gasteiger charge is -2.12. The van der Waals surface area contributed by atoms with Crippen LogP contribution in [-0.4, -0.2) is 25.0 Å². The van der Waals surface area contributed by atoms with Crippen molar-refractivity contribution < 1.29 is 4.79 Å². The predicted octanol–water partition coefficient (Wildman–Crippen LogP) is 3.25. The largest absolute Gasteiger partial charge is 0.350 e. The fraction of sp³-hybridized carbons (Fsp3) is 0.240. The molecule has 0 aliphatic carbocycles. The number of hydrogen-bond acceptors (Lipinski definition) is 5. The van der Waals surface area contributed by atoms with Crippen LogP contribution in [0.3, 0.4) is 0 Å². The molecule has 0 fully saturated rings. The van der Waals surface area contributed by atoms with Gasteiger partial charge in [-0.25, -0.2) is 14.8 Å². The first kappa shape index (κ1) is 23.4. The van der Waals surface area contributed by atoms with Crippen molar-refractivity contribution in [2.75, 3.05) is 0 Å². The van der Waals surface area contributed by atoms with E-state index < -0.39 is 23.7 Å². The van der Waals surface area contributed by atoms with E-state index >= 15 is 0 Å². The molecule has 1 N–H and O–H groups in total. The maximum atomic E-state index is 13.0. The summed E-state index contributed by atoms with van der Waals surface area (Å²) in [4.78, 5) is 47.0. The average Bonchev–Trinajstić information content (AvgIpc) is 2.84. The Balaban J connectivity index is 1.57. The summed E-state index contributed by atoms with van der Waals surface area (Å²) in [5.74, 6) is 0.341. The molecule has 0 atom stereocenters. The highest BCUT2D eigenvalue weighted by Gasteiger charge is 2.16. The van der Waals surface area contributed by atoms with Crippen molar-refractivity contribution in [1.29, 1.82) is 0 Å². The average molecular weight is 478 g/mol. The highest BCUT2D eigenvalue weighted by Crippen LogP contribution is 2.19. The molecule has 0 saturated carbocycles. The zero-order valence-electron chi connectivity index (χ0n) is 19.1. The molecule has 0 spiro atoms. The number of benzene rings is 2. The van der Waals surface area contributed by atoms with E-state index in [0.717, 1.165) is 10.1 Å². The third-order valence-corrected chi connectivity index (χ3v) is 5.87. The molecular formula is C25H24ClN5O3. The zero-order chi connectivity index (χ0) is 24.4. The molecule has 0 unspecified atom stereocenters. The van der Waals surface area contributed by atoms with Crippen molar-refractivity contribution in [3.63, 3.8) is 0 Å². The van der Waals surface area contributed by atoms with E-state index in [2.05, 4.69) is 29.1 Å². The summed E-state index contributed by atoms with van der Waals surface area (Å²) >= 11 is 5.93. The van der Waals surface area contributed by atoms with Gasteiger partial charge in [0.15, 0.2) is 11.5 Å². The second-order valence-electron chi connectivity index (χ2n) is 8.34. The minimum absolute atomic E-state index is 0.150. The first-order valence-corrected chi connectivity index (χ1v) is 11.2. The molecule has 1 amide bonds. The summed E-state index contributed by atoms with van der Waals surface area (Å²) in [6, 6.07) is 14.9. The molecule has 174 valence electrons. The summed E-state index contributed by atoms with van der Waals surface area (Å²) in [7, 11) is 1.51. The standard InChI is InChI=1S/C25H24ClN5O3/c1-15(2)17-6-4-16(5-7-17)12-27-21(32)14-31-24(33)20-13-28-22(18-8-10-19(26)11-9-18)29-23(20)30(3)25(31)34/h4-11,13,15H,12,14H2,1-3H3,(H,27,32). The van der Waals surface area contributed by atoms with Crippen molar-refractivity contribution in [2.45, 2.75) is 32.9 Å². The molecule has 0 aliphatic heterocycles. The van der Waals surface area contributed by atoms with E-state index in [1.807, 2.05) is 24.3 Å². The van der Waals surface area contributed by atoms with Gasteiger partial charge in [0, 0.05) is 30.4 Å². The predicted molar refractivity (Wildman–Crippen MR) is 132 cm³/mol. The quantitative estimate of drug-likeness (QED) is 0.459. The number of aromatic nitrogens is 4. The van der Waals surface area contributed by atoms with Gasteiger partial charge in [-0.1, -0.05) is 49.7 Å². The van der Waals surface area contributed by atoms with Crippen LogP contribution in [0.2, 0.25) is 5.02 Å². The van der Waals surface area contributed by atoms with Crippen molar-refractivity contribution in [3.8, 4) is 11.4 Å². The third-order valence-electron chi connectivity index (χ3n) is 5.62. The Morgan fingerprint density at radius 1 is 1.06 bits per heavy atom. The van der Waals surface area contributed by atoms with Crippen molar-refractivity contribution in [2.24, 2.45) is 7.05 Å². The van der Waals surface area contributed by atoms with Crippen LogP contribution < -0.4 is 16.6 Å². The molecule has 2 aromatic carbocycles. The topological polar surface area (TPSA) is 98.9 Å². The molecule has 4 rings (SSSR count). The Labute approximate surface area is 200 Å². The molecule has 0 aliphatic rings. The van der Waals surface area contributed by atoms with E-state index in [0.29, 0.717) is 28.9 Å². The molecule has 0 saturated heterocycles. The van der Waals surface area contributed by atoms with Crippen LogP contribution in [0.4, 0.5) is 0 Å². The number of carbonyl (C=O) groups excluding carboxylic acids is 1. The van der Waals surface area contributed by atoms with E-state index in [-0.39, 0.29) is 11.0 Å². The summed E-state index contributed by atoms with van der Waals surface area (Å²) in [5, 5.41) is 3.49. The lowest BCUT2D eigenvalue weighted by molar-refractivity contribution is -0.121. The lowest BCUT2D eigenvalue weighted by atomic mass is 10.0. The molecular weight excluding hydrogens is 454 g/mol. The monoisotopic (exact) mass is 477 g/mol. The number of nitrogens with zero attached hydrogens (tertiary/aromatic N) is 4. The number of halogens is 1. The van der Waals surface area contributed by atoms with Gasteiger partial charge >= 0.3 is 5.69 Å². The number of rotatable bonds is 6. The fourth-order valence-corrected chi connectivity index (χ4v) is 3.71. The van der Waals surface area contributed by atoms with Crippen LogP contribution in [0.25, 0.3) is 22.4 Å². The van der Waals surface area contributed by atoms with Gasteiger partial charge in [-0.05, 0) is 41.3 Å². The summed E-state index contributed by atoms with van der Waals surface area (Å²) < 4.78 is 2.14. The summed E-state index contributed by atoms with van der Waals surface area (Å²) in [5.41, 5.74) is 1.79. The smallest absolute Gasteiger partial charge is 0.332 e. The number of aryl methyl sites for hydroxylation is 1. The van der Waals surface area contributed by atoms with Gasteiger partial charge < -0.3 is 5.32 Å². The molecule has 34 heavy (non-hydrogen) atoms. The highest BCUT2D eigenvalue weighted by molar-refractivity contribution is 6.30. The lowest BCUT2D eigenvalue weighted by Crippen LogP contribution is -2.43. The van der Waals surface area contributed by atoms with E-state index in [1.165, 1.54) is 23.4 Å². The van der Waals surface area contributed by atoms with Gasteiger partial charge in [0.1, 0.15) is 11.9 Å². The second-order valence-corrected chi connectivity index (χ2v) is 8.78. The zero-order valence-corrected chi connectivity index (χ0v) is 19.8. The number of carbonyl (C=O) groups is 1. The minimum atomic E-state index is -0.630. The highest BCUT2D eigenvalue weighted by atomic mass is 35.5. The molecule has 2 aromatic heterocycles. The molecule has 0 bridgehead atoms. The molecule has 0 radical (unpaired) electrons. The van der Waals surface area contributed by atoms with Crippen molar-refractivity contribution in [3.05, 3.63) is 91.7 Å². The Kier molecular flexibility index (Phi) is 6.61. The summed E-state index contributed by atoms with van der Waals surface area (Å²) in [6.45, 7) is 4.13. The third kappa shape index (κ3) is 4.77. The number of fused-ring (bicyclic) bond motifs is 1. The van der Waals surface area contributed by atoms with Crippen LogP contribution in [0, 0.1) is 0 Å². The van der Waals surface area contributed by atoms with Gasteiger partial charge in [0.25, 0.3) is 5.56 Å². The Bertz CT molecular complexity index is 1470. The first-order chi connectivity index (χ1) is 16.2. The first-order valence-electron chi connectivity index (χ1n) is 10.8. The van der Waals surface area contributed by atoms with Crippen LogP contribution in [0.5, 0.6) is 0 Å². The Morgan fingerprint density at radius 3 is 2.38 bits per heavy atom. The number of hydrogen-bond donors (Lipinski definition) is 1. The minimum Gasteiger partial charge on any atom is -0.350 e. The number of amides is 1. The van der Waals surface area contributed by atoms with Gasteiger partial charge in [0.2, 0.25) is 5.91 Å². The van der Waals surface area contributed by atoms with Gasteiger partial charge in [-0.2, -0.15) is 0 Å². The molecule has 9 heteroatoms. The van der Waals surface area contributed by atoms with Crippen LogP contribution >= 0.6 is 11.6 Å². The number of nitrogens with one attached hydrogen (secondary N) is 1. The second kappa shape index (κ2) is 9.61. The maximum absolute atomic E-state index is 13.0. The fourth-order valence-electron chi connectivity index (χ4n) is 3.58. The maximum Gasteiger partial charge on any atom is 0.332 e. The van der Waals surface area contributed by atoms with Gasteiger partial charge in [-0.3, -0.25) is 18.7 Å². The van der Waals surface area contributed by atoms with Gasteiger partial charge in [-0.15, -0.1) is 0 Å². The van der Waals surface area contributed by atoms with Gasteiger partial charge in [0.05, 0.1) is 0 Å². The normalized spacial score (nSPS) is 11.2. The van der Waals surface area contributed by atoms with Crippen LogP contribution in [0.1, 0.15) is 30.9 Å². The van der Waals surface area contributed by atoms with Crippen molar-refractivity contribution >= 4 is 28.5 Å². The molecule has 4 aromatic rings. The van der Waals surface area contributed by atoms with E-state index in [1.54, 1.807) is 24.3 Å². The Hall–Kier alpha value is -3.78. The SMILES string of the molecule is CC(C)c1ccc(CNC(=O)Cn2c(=O)c3cnc(-c4ccc(Cl)cc4)nc3n(C)c2=O)cc1. The molecule has 2 heterocycles. The van der Waals surface area contributed by atoms with E-state index in [9.17, 15) is 14.4 Å². The van der Waals surface area contributed by atoms with Crippen LogP contribution in [0.15, 0.2) is 64.3 Å². The summed E-state index contributed by atoms with van der Waals surface area (Å²) in [6.07, 6.45) is 1.37. The molecule has 8 nitrogen and oxygen atoms in total. The van der Waals surface area contributed by atoms with Crippen LogP contribution in [-0.2, 0) is 24.9 Å².